The number of carbonyl (C=O) groups excluding carboxylic acids is 1. The number of hydrogen-bond donors (Lipinski definition) is 3. The van der Waals surface area contributed by atoms with Crippen molar-refractivity contribution < 1.29 is 14.3 Å². The van der Waals surface area contributed by atoms with E-state index in [-0.39, 0.29) is 17.7 Å². The molecule has 0 unspecified atom stereocenters. The van der Waals surface area contributed by atoms with E-state index in [4.69, 9.17) is 5.11 Å². The Morgan fingerprint density at radius 3 is 2.71 bits per heavy atom. The SMILES string of the molecule is O=C(NCC1(CO)CC1)Nc1ccccc1F. The molecular formula is C12H15FN2O2. The van der Waals surface area contributed by atoms with E-state index in [2.05, 4.69) is 10.6 Å². The van der Waals surface area contributed by atoms with E-state index in [1.807, 2.05) is 0 Å². The molecule has 0 bridgehead atoms. The van der Waals surface area contributed by atoms with Crippen molar-refractivity contribution in [1.82, 2.24) is 5.32 Å². The van der Waals surface area contributed by atoms with Gasteiger partial charge in [-0.05, 0) is 25.0 Å². The summed E-state index contributed by atoms with van der Waals surface area (Å²) in [5.41, 5.74) is 0.00545. The molecule has 0 radical (unpaired) electrons. The van der Waals surface area contributed by atoms with Crippen molar-refractivity contribution in [1.29, 1.82) is 0 Å². The van der Waals surface area contributed by atoms with Gasteiger partial charge in [0.05, 0.1) is 12.3 Å². The van der Waals surface area contributed by atoms with Gasteiger partial charge in [0.25, 0.3) is 0 Å². The van der Waals surface area contributed by atoms with Crippen molar-refractivity contribution in [2.24, 2.45) is 5.41 Å². The van der Waals surface area contributed by atoms with Crippen LogP contribution < -0.4 is 10.6 Å². The van der Waals surface area contributed by atoms with Gasteiger partial charge < -0.3 is 15.7 Å². The molecule has 4 nitrogen and oxygen atoms in total. The van der Waals surface area contributed by atoms with E-state index in [9.17, 15) is 9.18 Å². The van der Waals surface area contributed by atoms with Crippen molar-refractivity contribution in [2.45, 2.75) is 12.8 Å². The van der Waals surface area contributed by atoms with Gasteiger partial charge in [-0.1, -0.05) is 12.1 Å². The highest BCUT2D eigenvalue weighted by Gasteiger charge is 2.42. The third-order valence-electron chi connectivity index (χ3n) is 3.04. The molecule has 17 heavy (non-hydrogen) atoms. The smallest absolute Gasteiger partial charge is 0.319 e. The van der Waals surface area contributed by atoms with Crippen LogP contribution in [0.25, 0.3) is 0 Å². The van der Waals surface area contributed by atoms with E-state index >= 15 is 0 Å². The summed E-state index contributed by atoms with van der Waals surface area (Å²) in [4.78, 5) is 11.5. The van der Waals surface area contributed by atoms with Crippen LogP contribution in [-0.4, -0.2) is 24.3 Å². The molecule has 0 atom stereocenters. The Labute approximate surface area is 98.8 Å². The van der Waals surface area contributed by atoms with Crippen LogP contribution in [0.2, 0.25) is 0 Å². The molecule has 0 heterocycles. The molecule has 1 aromatic carbocycles. The third kappa shape index (κ3) is 2.94. The number of benzene rings is 1. The molecule has 1 aromatic rings. The number of amides is 2. The number of rotatable bonds is 4. The van der Waals surface area contributed by atoms with Gasteiger partial charge in [-0.25, -0.2) is 9.18 Å². The lowest BCUT2D eigenvalue weighted by Crippen LogP contribution is -2.35. The zero-order chi connectivity index (χ0) is 12.3. The monoisotopic (exact) mass is 238 g/mol. The number of anilines is 1. The lowest BCUT2D eigenvalue weighted by molar-refractivity contribution is 0.206. The minimum absolute atomic E-state index is 0.0764. The number of urea groups is 1. The quantitative estimate of drug-likeness (QED) is 0.748. The van der Waals surface area contributed by atoms with E-state index in [1.54, 1.807) is 12.1 Å². The molecule has 0 aliphatic heterocycles. The number of aliphatic hydroxyl groups excluding tert-OH is 1. The lowest BCUT2D eigenvalue weighted by atomic mass is 10.1. The highest BCUT2D eigenvalue weighted by atomic mass is 19.1. The number of carbonyl (C=O) groups is 1. The van der Waals surface area contributed by atoms with Gasteiger partial charge in [-0.15, -0.1) is 0 Å². The Balaban J connectivity index is 1.83. The van der Waals surface area contributed by atoms with Crippen LogP contribution in [0.1, 0.15) is 12.8 Å². The summed E-state index contributed by atoms with van der Waals surface area (Å²) in [5, 5.41) is 14.1. The van der Waals surface area contributed by atoms with Crippen LogP contribution in [0.4, 0.5) is 14.9 Å². The number of nitrogens with one attached hydrogen (secondary N) is 2. The summed E-state index contributed by atoms with van der Waals surface area (Å²) in [6.07, 6.45) is 1.84. The maximum atomic E-state index is 13.2. The van der Waals surface area contributed by atoms with Crippen molar-refractivity contribution in [3.8, 4) is 0 Å². The largest absolute Gasteiger partial charge is 0.396 e. The number of aliphatic hydroxyl groups is 1. The Bertz CT molecular complexity index is 419. The van der Waals surface area contributed by atoms with Gasteiger partial charge in [-0.2, -0.15) is 0 Å². The maximum Gasteiger partial charge on any atom is 0.319 e. The second-order valence-electron chi connectivity index (χ2n) is 4.45. The van der Waals surface area contributed by atoms with Crippen LogP contribution in [0.5, 0.6) is 0 Å². The summed E-state index contributed by atoms with van der Waals surface area (Å²) < 4.78 is 13.2. The Morgan fingerprint density at radius 2 is 2.12 bits per heavy atom. The molecule has 1 saturated carbocycles. The first-order chi connectivity index (χ1) is 8.15. The molecule has 2 rings (SSSR count). The fraction of sp³-hybridized carbons (Fsp3) is 0.417. The molecule has 92 valence electrons. The minimum Gasteiger partial charge on any atom is -0.396 e. The maximum absolute atomic E-state index is 13.2. The number of para-hydroxylation sites is 1. The van der Waals surface area contributed by atoms with Crippen LogP contribution in [-0.2, 0) is 0 Å². The summed E-state index contributed by atoms with van der Waals surface area (Å²) in [7, 11) is 0. The molecule has 0 saturated heterocycles. The summed E-state index contributed by atoms with van der Waals surface area (Å²) in [6.45, 7) is 0.497. The molecule has 1 aliphatic rings. The Kier molecular flexibility index (Phi) is 3.28. The third-order valence-corrected chi connectivity index (χ3v) is 3.04. The lowest BCUT2D eigenvalue weighted by Gasteiger charge is -2.13. The van der Waals surface area contributed by atoms with Crippen molar-refractivity contribution >= 4 is 11.7 Å². The number of hydrogen-bond acceptors (Lipinski definition) is 2. The van der Waals surface area contributed by atoms with Crippen molar-refractivity contribution in [3.63, 3.8) is 0 Å². The average molecular weight is 238 g/mol. The molecule has 3 N–H and O–H groups in total. The van der Waals surface area contributed by atoms with E-state index in [1.165, 1.54) is 12.1 Å². The van der Waals surface area contributed by atoms with Gasteiger partial charge in [0.1, 0.15) is 5.82 Å². The minimum atomic E-state index is -0.467. The molecular weight excluding hydrogens is 223 g/mol. The normalized spacial score (nSPS) is 16.4. The van der Waals surface area contributed by atoms with Gasteiger partial charge in [0, 0.05) is 12.0 Å². The molecule has 1 fully saturated rings. The van der Waals surface area contributed by atoms with Crippen LogP contribution in [0.15, 0.2) is 24.3 Å². The van der Waals surface area contributed by atoms with Crippen LogP contribution in [0, 0.1) is 11.2 Å². The van der Waals surface area contributed by atoms with Gasteiger partial charge in [0.15, 0.2) is 0 Å². The molecule has 1 aliphatic carbocycles. The predicted octanol–water partition coefficient (Wildman–Crippen LogP) is 1.72. The Hall–Kier alpha value is -1.62. The predicted molar refractivity (Wildman–Crippen MR) is 62.2 cm³/mol. The first-order valence-electron chi connectivity index (χ1n) is 5.55. The summed E-state index contributed by atoms with van der Waals surface area (Å²) in [6, 6.07) is 5.53. The van der Waals surface area contributed by atoms with Crippen LogP contribution >= 0.6 is 0 Å². The van der Waals surface area contributed by atoms with Gasteiger partial charge in [-0.3, -0.25) is 0 Å². The first kappa shape index (κ1) is 11.9. The second-order valence-corrected chi connectivity index (χ2v) is 4.45. The van der Waals surface area contributed by atoms with Crippen molar-refractivity contribution in [2.75, 3.05) is 18.5 Å². The zero-order valence-corrected chi connectivity index (χ0v) is 9.37. The molecule has 2 amide bonds. The summed E-state index contributed by atoms with van der Waals surface area (Å²) >= 11 is 0. The van der Waals surface area contributed by atoms with Crippen molar-refractivity contribution in [3.05, 3.63) is 30.1 Å². The number of halogens is 1. The fourth-order valence-electron chi connectivity index (χ4n) is 1.56. The second kappa shape index (κ2) is 4.71. The highest BCUT2D eigenvalue weighted by Crippen LogP contribution is 2.44. The van der Waals surface area contributed by atoms with E-state index < -0.39 is 11.8 Å². The summed E-state index contributed by atoms with van der Waals surface area (Å²) in [5.74, 6) is -0.467. The topological polar surface area (TPSA) is 61.4 Å². The van der Waals surface area contributed by atoms with E-state index in [0.29, 0.717) is 6.54 Å². The van der Waals surface area contributed by atoms with Gasteiger partial charge >= 0.3 is 6.03 Å². The molecule has 0 spiro atoms. The Morgan fingerprint density at radius 1 is 1.41 bits per heavy atom. The fourth-order valence-corrected chi connectivity index (χ4v) is 1.56. The average Bonchev–Trinajstić information content (AvgIpc) is 3.10. The standard InChI is InChI=1S/C12H15FN2O2/c13-9-3-1-2-4-10(9)15-11(17)14-7-12(8-16)5-6-12/h1-4,16H,5-8H2,(H2,14,15,17). The van der Waals surface area contributed by atoms with Crippen LogP contribution in [0.3, 0.4) is 0 Å². The van der Waals surface area contributed by atoms with E-state index in [0.717, 1.165) is 12.8 Å². The first-order valence-corrected chi connectivity index (χ1v) is 5.55. The van der Waals surface area contributed by atoms with Gasteiger partial charge in [0.2, 0.25) is 0 Å². The highest BCUT2D eigenvalue weighted by molar-refractivity contribution is 5.89. The molecule has 5 heteroatoms. The molecule has 0 aromatic heterocycles. The zero-order valence-electron chi connectivity index (χ0n) is 9.37.